The molecule has 0 saturated carbocycles. The van der Waals surface area contributed by atoms with E-state index >= 15 is 0 Å². The lowest BCUT2D eigenvalue weighted by Crippen LogP contribution is -1.85. The maximum Gasteiger partial charge on any atom is 0.124 e. The second-order valence-corrected chi connectivity index (χ2v) is 5.03. The van der Waals surface area contributed by atoms with Gasteiger partial charge in [0, 0.05) is 22.2 Å². The van der Waals surface area contributed by atoms with E-state index in [0.29, 0.717) is 5.69 Å². The predicted octanol–water partition coefficient (Wildman–Crippen LogP) is 4.20. The summed E-state index contributed by atoms with van der Waals surface area (Å²) in [5.41, 5.74) is 9.09. The van der Waals surface area contributed by atoms with Gasteiger partial charge < -0.3 is 5.73 Å². The molecule has 0 fully saturated rings. The monoisotopic (exact) mass is 270 g/mol. The van der Waals surface area contributed by atoms with Crippen LogP contribution in [0.25, 0.3) is 21.8 Å². The third-order valence-electron chi connectivity index (χ3n) is 2.76. The highest BCUT2D eigenvalue weighted by atomic mass is 32.1. The molecule has 0 aliphatic heterocycles. The molecule has 0 atom stereocenters. The second kappa shape index (κ2) is 4.82. The number of anilines is 1. The molecule has 0 spiro atoms. The van der Waals surface area contributed by atoms with Crippen molar-refractivity contribution in [2.75, 3.05) is 5.73 Å². The number of nitrogens with zero attached hydrogens (tertiary/aromatic N) is 1. The van der Waals surface area contributed by atoms with Crippen molar-refractivity contribution in [2.45, 2.75) is 0 Å². The molecule has 94 valence electrons. The van der Waals surface area contributed by atoms with Crippen molar-refractivity contribution in [1.29, 1.82) is 0 Å². The van der Waals surface area contributed by atoms with E-state index in [4.69, 9.17) is 5.73 Å². The minimum atomic E-state index is -0.252. The molecule has 2 nitrogen and oxygen atoms in total. The minimum Gasteiger partial charge on any atom is -0.399 e. The fraction of sp³-hybridized carbons (Fsp3) is 0. The molecule has 1 aromatic heterocycles. The Hall–Kier alpha value is -2.20. The molecular weight excluding hydrogens is 259 g/mol. The summed E-state index contributed by atoms with van der Waals surface area (Å²) in [4.78, 5) is 4.53. The number of halogens is 1. The van der Waals surface area contributed by atoms with Crippen LogP contribution in [0.3, 0.4) is 0 Å². The van der Waals surface area contributed by atoms with Crippen molar-refractivity contribution in [3.63, 3.8) is 0 Å². The van der Waals surface area contributed by atoms with E-state index < -0.39 is 0 Å². The molecule has 0 aliphatic rings. The first-order valence-electron chi connectivity index (χ1n) is 5.80. The molecule has 3 aromatic rings. The first-order chi connectivity index (χ1) is 9.22. The zero-order chi connectivity index (χ0) is 13.2. The Bertz CT molecular complexity index is 661. The summed E-state index contributed by atoms with van der Waals surface area (Å²) in [6.45, 7) is 0. The van der Waals surface area contributed by atoms with Gasteiger partial charge in [-0.05, 0) is 24.3 Å². The van der Waals surface area contributed by atoms with Crippen LogP contribution >= 0.6 is 11.3 Å². The van der Waals surface area contributed by atoms with E-state index in [-0.39, 0.29) is 5.82 Å². The first-order valence-corrected chi connectivity index (χ1v) is 6.68. The SMILES string of the molecule is Nc1cccc(-c2csc(-c3cccc(F)c3)n2)c1. The van der Waals surface area contributed by atoms with Crippen LogP contribution in [0.5, 0.6) is 0 Å². The number of rotatable bonds is 2. The van der Waals surface area contributed by atoms with E-state index in [9.17, 15) is 4.39 Å². The lowest BCUT2D eigenvalue weighted by molar-refractivity contribution is 0.628. The zero-order valence-electron chi connectivity index (χ0n) is 10.0. The summed E-state index contributed by atoms with van der Waals surface area (Å²) in [7, 11) is 0. The third kappa shape index (κ3) is 2.48. The van der Waals surface area contributed by atoms with Crippen LogP contribution in [0.2, 0.25) is 0 Å². The maximum atomic E-state index is 13.2. The number of benzene rings is 2. The third-order valence-corrected chi connectivity index (χ3v) is 3.65. The predicted molar refractivity (Wildman–Crippen MR) is 77.4 cm³/mol. The van der Waals surface area contributed by atoms with E-state index in [0.717, 1.165) is 21.8 Å². The highest BCUT2D eigenvalue weighted by Gasteiger charge is 2.07. The number of aromatic nitrogens is 1. The van der Waals surface area contributed by atoms with Gasteiger partial charge in [-0.2, -0.15) is 0 Å². The molecule has 0 saturated heterocycles. The van der Waals surface area contributed by atoms with Crippen molar-refractivity contribution in [3.05, 3.63) is 59.7 Å². The lowest BCUT2D eigenvalue weighted by atomic mass is 10.1. The van der Waals surface area contributed by atoms with Gasteiger partial charge in [0.1, 0.15) is 10.8 Å². The molecule has 2 N–H and O–H groups in total. The van der Waals surface area contributed by atoms with Crippen molar-refractivity contribution in [1.82, 2.24) is 4.98 Å². The van der Waals surface area contributed by atoms with Gasteiger partial charge in [-0.1, -0.05) is 24.3 Å². The van der Waals surface area contributed by atoms with Gasteiger partial charge in [-0.25, -0.2) is 9.37 Å². The number of hydrogen-bond donors (Lipinski definition) is 1. The van der Waals surface area contributed by atoms with Gasteiger partial charge >= 0.3 is 0 Å². The van der Waals surface area contributed by atoms with Gasteiger partial charge in [0.05, 0.1) is 5.69 Å². The zero-order valence-corrected chi connectivity index (χ0v) is 10.8. The van der Waals surface area contributed by atoms with Gasteiger partial charge in [0.25, 0.3) is 0 Å². The fourth-order valence-electron chi connectivity index (χ4n) is 1.86. The Morgan fingerprint density at radius 1 is 1.00 bits per heavy atom. The molecule has 0 unspecified atom stereocenters. The van der Waals surface area contributed by atoms with Gasteiger partial charge in [0.15, 0.2) is 0 Å². The van der Waals surface area contributed by atoms with Crippen LogP contribution in [0, 0.1) is 5.82 Å². The van der Waals surface area contributed by atoms with E-state index in [2.05, 4.69) is 4.98 Å². The topological polar surface area (TPSA) is 38.9 Å². The van der Waals surface area contributed by atoms with E-state index in [1.807, 2.05) is 35.7 Å². The molecule has 2 aromatic carbocycles. The van der Waals surface area contributed by atoms with Crippen LogP contribution in [0.1, 0.15) is 0 Å². The quantitative estimate of drug-likeness (QED) is 0.709. The van der Waals surface area contributed by atoms with Crippen LogP contribution in [-0.4, -0.2) is 4.98 Å². The molecule has 0 aliphatic carbocycles. The average Bonchev–Trinajstić information content (AvgIpc) is 2.88. The summed E-state index contributed by atoms with van der Waals surface area (Å²) in [6, 6.07) is 14.0. The first kappa shape index (κ1) is 11.9. The average molecular weight is 270 g/mol. The van der Waals surface area contributed by atoms with Crippen LogP contribution < -0.4 is 5.73 Å². The number of nitrogen functional groups attached to an aromatic ring is 1. The normalized spacial score (nSPS) is 10.6. The molecule has 0 amide bonds. The molecule has 4 heteroatoms. The van der Waals surface area contributed by atoms with Crippen LogP contribution in [-0.2, 0) is 0 Å². The number of nitrogens with two attached hydrogens (primary N) is 1. The fourth-order valence-corrected chi connectivity index (χ4v) is 2.68. The van der Waals surface area contributed by atoms with Gasteiger partial charge in [-0.3, -0.25) is 0 Å². The lowest BCUT2D eigenvalue weighted by Gasteiger charge is -1.98. The van der Waals surface area contributed by atoms with Crippen molar-refractivity contribution in [3.8, 4) is 21.8 Å². The summed E-state index contributed by atoms with van der Waals surface area (Å²) in [6.07, 6.45) is 0. The molecule has 3 rings (SSSR count). The molecular formula is C15H11FN2S. The molecule has 19 heavy (non-hydrogen) atoms. The summed E-state index contributed by atoms with van der Waals surface area (Å²) >= 11 is 1.49. The van der Waals surface area contributed by atoms with Crippen LogP contribution in [0.15, 0.2) is 53.9 Å². The molecule has 1 heterocycles. The number of hydrogen-bond acceptors (Lipinski definition) is 3. The van der Waals surface area contributed by atoms with Crippen molar-refractivity contribution < 1.29 is 4.39 Å². The summed E-state index contributed by atoms with van der Waals surface area (Å²) < 4.78 is 13.2. The summed E-state index contributed by atoms with van der Waals surface area (Å²) in [5, 5.41) is 2.76. The molecule has 0 bridgehead atoms. The Balaban J connectivity index is 2.00. The molecule has 0 radical (unpaired) electrons. The van der Waals surface area contributed by atoms with E-state index in [1.165, 1.54) is 23.5 Å². The highest BCUT2D eigenvalue weighted by molar-refractivity contribution is 7.13. The van der Waals surface area contributed by atoms with Crippen LogP contribution in [0.4, 0.5) is 10.1 Å². The number of thiazole rings is 1. The minimum absolute atomic E-state index is 0.252. The maximum absolute atomic E-state index is 13.2. The standard InChI is InChI=1S/C15H11FN2S/c16-12-5-1-4-11(7-12)15-18-14(9-19-15)10-3-2-6-13(17)8-10/h1-9H,17H2. The largest absolute Gasteiger partial charge is 0.399 e. The van der Waals surface area contributed by atoms with E-state index in [1.54, 1.807) is 6.07 Å². The Morgan fingerprint density at radius 2 is 1.79 bits per heavy atom. The van der Waals surface area contributed by atoms with Crippen molar-refractivity contribution >= 4 is 17.0 Å². The second-order valence-electron chi connectivity index (χ2n) is 4.17. The summed E-state index contributed by atoms with van der Waals surface area (Å²) in [5.74, 6) is -0.252. The smallest absolute Gasteiger partial charge is 0.124 e. The van der Waals surface area contributed by atoms with Gasteiger partial charge in [-0.15, -0.1) is 11.3 Å². The Kier molecular flexibility index (Phi) is 3.01. The highest BCUT2D eigenvalue weighted by Crippen LogP contribution is 2.29. The Labute approximate surface area is 114 Å². The van der Waals surface area contributed by atoms with Crippen molar-refractivity contribution in [2.24, 2.45) is 0 Å². The van der Waals surface area contributed by atoms with Gasteiger partial charge in [0.2, 0.25) is 0 Å². The Morgan fingerprint density at radius 3 is 2.58 bits per heavy atom.